The van der Waals surface area contributed by atoms with E-state index in [4.69, 9.17) is 21.6 Å². The summed E-state index contributed by atoms with van der Waals surface area (Å²) in [5.74, 6) is -0.464. The number of nitrogens with one attached hydrogen (secondary N) is 2. The Morgan fingerprint density at radius 1 is 1.43 bits per heavy atom. The summed E-state index contributed by atoms with van der Waals surface area (Å²) in [5, 5.41) is 15.3. The highest BCUT2D eigenvalue weighted by molar-refractivity contribution is 6.31. The maximum Gasteiger partial charge on any atom is 0.267 e. The van der Waals surface area contributed by atoms with Gasteiger partial charge >= 0.3 is 0 Å². The zero-order chi connectivity index (χ0) is 16.5. The molecule has 1 fully saturated rings. The molecule has 0 spiro atoms. The quantitative estimate of drug-likeness (QED) is 0.469. The van der Waals surface area contributed by atoms with Gasteiger partial charge in [0.15, 0.2) is 0 Å². The molecule has 7 heteroatoms. The Bertz CT molecular complexity index is 606. The Morgan fingerprint density at radius 2 is 2.22 bits per heavy atom. The molecule has 1 saturated heterocycles. The van der Waals surface area contributed by atoms with Crippen LogP contribution in [0, 0.1) is 11.3 Å². The summed E-state index contributed by atoms with van der Waals surface area (Å²) in [6.07, 6.45) is 1.44. The fraction of sp³-hybridized carbons (Fsp3) is 0.375. The minimum Gasteiger partial charge on any atom is -0.388 e. The van der Waals surface area contributed by atoms with Crippen LogP contribution in [0.1, 0.15) is 0 Å². The number of nitrogens with zero attached hydrogens (tertiary/aromatic N) is 2. The number of morpholine rings is 1. The smallest absolute Gasteiger partial charge is 0.267 e. The van der Waals surface area contributed by atoms with E-state index in [1.807, 2.05) is 6.07 Å². The molecule has 122 valence electrons. The van der Waals surface area contributed by atoms with Gasteiger partial charge in [0.05, 0.1) is 13.2 Å². The minimum absolute atomic E-state index is 0.0203. The van der Waals surface area contributed by atoms with Gasteiger partial charge in [-0.15, -0.1) is 0 Å². The Balaban J connectivity index is 1.80. The normalized spacial score (nSPS) is 15.7. The van der Waals surface area contributed by atoms with Crippen LogP contribution in [0.4, 0.5) is 5.69 Å². The number of hydrogen-bond donors (Lipinski definition) is 2. The Hall–Kier alpha value is -2.07. The molecule has 0 atom stereocenters. The van der Waals surface area contributed by atoms with Gasteiger partial charge in [-0.05, 0) is 18.2 Å². The molecule has 2 rings (SSSR count). The van der Waals surface area contributed by atoms with Gasteiger partial charge < -0.3 is 15.4 Å². The SMILES string of the molecule is N#C/C(=C/NCCN1CCOCC1)C(=O)Nc1cccc(Cl)c1. The number of halogens is 1. The molecule has 1 aromatic carbocycles. The number of carbonyl (C=O) groups excluding carboxylic acids is 1. The predicted octanol–water partition coefficient (Wildman–Crippen LogP) is 1.61. The van der Waals surface area contributed by atoms with Crippen molar-refractivity contribution in [2.45, 2.75) is 0 Å². The van der Waals surface area contributed by atoms with Crippen molar-refractivity contribution in [1.29, 1.82) is 5.26 Å². The van der Waals surface area contributed by atoms with Gasteiger partial charge in [0.25, 0.3) is 5.91 Å². The van der Waals surface area contributed by atoms with Gasteiger partial charge in [-0.1, -0.05) is 17.7 Å². The highest BCUT2D eigenvalue weighted by Crippen LogP contribution is 2.15. The lowest BCUT2D eigenvalue weighted by Gasteiger charge is -2.26. The van der Waals surface area contributed by atoms with Crippen LogP contribution in [-0.4, -0.2) is 50.2 Å². The van der Waals surface area contributed by atoms with Gasteiger partial charge in [-0.2, -0.15) is 5.26 Å². The number of nitriles is 1. The van der Waals surface area contributed by atoms with E-state index in [1.54, 1.807) is 24.3 Å². The molecular weight excluding hydrogens is 316 g/mol. The summed E-state index contributed by atoms with van der Waals surface area (Å²) >= 11 is 5.86. The lowest BCUT2D eigenvalue weighted by molar-refractivity contribution is -0.112. The Labute approximate surface area is 140 Å². The van der Waals surface area contributed by atoms with Crippen LogP contribution in [0.2, 0.25) is 5.02 Å². The molecule has 1 heterocycles. The second-order valence-corrected chi connectivity index (χ2v) is 5.48. The first kappa shape index (κ1) is 17.3. The van der Waals surface area contributed by atoms with Gasteiger partial charge in [0, 0.05) is 43.1 Å². The highest BCUT2D eigenvalue weighted by Gasteiger charge is 2.11. The van der Waals surface area contributed by atoms with Gasteiger partial charge in [0.1, 0.15) is 11.6 Å². The largest absolute Gasteiger partial charge is 0.388 e. The number of rotatable bonds is 6. The van der Waals surface area contributed by atoms with Crippen LogP contribution in [0.15, 0.2) is 36.0 Å². The second kappa shape index (κ2) is 9.16. The van der Waals surface area contributed by atoms with Crippen molar-refractivity contribution in [3.8, 4) is 6.07 Å². The molecule has 0 bridgehead atoms. The molecule has 0 aliphatic carbocycles. The van der Waals surface area contributed by atoms with E-state index in [0.717, 1.165) is 32.8 Å². The topological polar surface area (TPSA) is 77.4 Å². The third-order valence-corrected chi connectivity index (χ3v) is 3.61. The van der Waals surface area contributed by atoms with Crippen molar-refractivity contribution < 1.29 is 9.53 Å². The van der Waals surface area contributed by atoms with Gasteiger partial charge in [-0.3, -0.25) is 9.69 Å². The van der Waals surface area contributed by atoms with E-state index in [0.29, 0.717) is 17.3 Å². The van der Waals surface area contributed by atoms with E-state index in [2.05, 4.69) is 15.5 Å². The third kappa shape index (κ3) is 5.91. The van der Waals surface area contributed by atoms with Crippen molar-refractivity contribution >= 4 is 23.2 Å². The van der Waals surface area contributed by atoms with Gasteiger partial charge in [0.2, 0.25) is 0 Å². The van der Waals surface area contributed by atoms with E-state index >= 15 is 0 Å². The fourth-order valence-electron chi connectivity index (χ4n) is 2.13. The average molecular weight is 335 g/mol. The first-order chi connectivity index (χ1) is 11.2. The maximum atomic E-state index is 12.0. The third-order valence-electron chi connectivity index (χ3n) is 3.37. The molecule has 1 aromatic rings. The van der Waals surface area contributed by atoms with Crippen LogP contribution in [0.3, 0.4) is 0 Å². The molecule has 0 unspecified atom stereocenters. The molecule has 1 aliphatic rings. The molecule has 1 aliphatic heterocycles. The second-order valence-electron chi connectivity index (χ2n) is 5.04. The van der Waals surface area contributed by atoms with E-state index in [9.17, 15) is 4.79 Å². The highest BCUT2D eigenvalue weighted by atomic mass is 35.5. The van der Waals surface area contributed by atoms with Crippen molar-refractivity contribution in [3.05, 3.63) is 41.1 Å². The zero-order valence-electron chi connectivity index (χ0n) is 12.7. The lowest BCUT2D eigenvalue weighted by atomic mass is 10.2. The van der Waals surface area contributed by atoms with E-state index < -0.39 is 5.91 Å². The van der Waals surface area contributed by atoms with Crippen molar-refractivity contribution in [2.75, 3.05) is 44.7 Å². The predicted molar refractivity (Wildman–Crippen MR) is 89.0 cm³/mol. The molecule has 0 aromatic heterocycles. The molecule has 23 heavy (non-hydrogen) atoms. The number of amides is 1. The summed E-state index contributed by atoms with van der Waals surface area (Å²) in [5.41, 5.74) is 0.573. The molecule has 1 amide bonds. The number of anilines is 1. The van der Waals surface area contributed by atoms with Crippen LogP contribution < -0.4 is 10.6 Å². The Kier molecular flexibility index (Phi) is 6.88. The number of benzene rings is 1. The lowest BCUT2D eigenvalue weighted by Crippen LogP contribution is -2.39. The van der Waals surface area contributed by atoms with Crippen LogP contribution in [0.5, 0.6) is 0 Å². The number of ether oxygens (including phenoxy) is 1. The summed E-state index contributed by atoms with van der Waals surface area (Å²) in [6, 6.07) is 8.68. The average Bonchev–Trinajstić information content (AvgIpc) is 2.56. The monoisotopic (exact) mass is 334 g/mol. The summed E-state index contributed by atoms with van der Waals surface area (Å²) in [4.78, 5) is 14.3. The number of carbonyl (C=O) groups is 1. The molecule has 2 N–H and O–H groups in total. The zero-order valence-corrected chi connectivity index (χ0v) is 13.5. The molecular formula is C16H19ClN4O2. The first-order valence-electron chi connectivity index (χ1n) is 7.40. The van der Waals surface area contributed by atoms with Crippen LogP contribution >= 0.6 is 11.6 Å². The van der Waals surface area contributed by atoms with Crippen molar-refractivity contribution in [2.24, 2.45) is 0 Å². The molecule has 0 radical (unpaired) electrons. The van der Waals surface area contributed by atoms with E-state index in [-0.39, 0.29) is 5.57 Å². The minimum atomic E-state index is -0.464. The fourth-order valence-corrected chi connectivity index (χ4v) is 2.33. The van der Waals surface area contributed by atoms with Crippen molar-refractivity contribution in [3.63, 3.8) is 0 Å². The summed E-state index contributed by atoms with van der Waals surface area (Å²) in [7, 11) is 0. The van der Waals surface area contributed by atoms with Gasteiger partial charge in [-0.25, -0.2) is 0 Å². The van der Waals surface area contributed by atoms with Crippen LogP contribution in [0.25, 0.3) is 0 Å². The summed E-state index contributed by atoms with van der Waals surface area (Å²) < 4.78 is 5.28. The van der Waals surface area contributed by atoms with E-state index in [1.165, 1.54) is 6.20 Å². The summed E-state index contributed by atoms with van der Waals surface area (Å²) in [6.45, 7) is 4.82. The van der Waals surface area contributed by atoms with Crippen molar-refractivity contribution in [1.82, 2.24) is 10.2 Å². The standard InChI is InChI=1S/C16H19ClN4O2/c17-14-2-1-3-15(10-14)20-16(22)13(11-18)12-19-4-5-21-6-8-23-9-7-21/h1-3,10,12,19H,4-9H2,(H,20,22)/b13-12-. The number of hydrogen-bond acceptors (Lipinski definition) is 5. The first-order valence-corrected chi connectivity index (χ1v) is 7.77. The molecule has 0 saturated carbocycles. The molecule has 6 nitrogen and oxygen atoms in total. The van der Waals surface area contributed by atoms with Crippen LogP contribution in [-0.2, 0) is 9.53 Å². The Morgan fingerprint density at radius 3 is 2.91 bits per heavy atom. The maximum absolute atomic E-state index is 12.0.